The first-order valence-electron chi connectivity index (χ1n) is 9.80. The van der Waals surface area contributed by atoms with Gasteiger partial charge in [-0.3, -0.25) is 9.59 Å². The summed E-state index contributed by atoms with van der Waals surface area (Å²) in [5.74, 6) is 0.394. The number of hydrogen-bond donors (Lipinski definition) is 2. The number of amides is 2. The van der Waals surface area contributed by atoms with Gasteiger partial charge in [-0.05, 0) is 50.2 Å². The number of hydrogen-bond acceptors (Lipinski definition) is 6. The SMILES string of the molecule is O=C(NCCCN1CCN(CCCNC(=O)c2ccco2)CC1)c1ccco1. The van der Waals surface area contributed by atoms with Gasteiger partial charge in [-0.2, -0.15) is 0 Å². The summed E-state index contributed by atoms with van der Waals surface area (Å²) in [5, 5.41) is 5.75. The van der Waals surface area contributed by atoms with Crippen LogP contribution >= 0.6 is 0 Å². The van der Waals surface area contributed by atoms with E-state index in [2.05, 4.69) is 20.4 Å². The summed E-state index contributed by atoms with van der Waals surface area (Å²) in [6.07, 6.45) is 4.85. The van der Waals surface area contributed by atoms with Crippen molar-refractivity contribution < 1.29 is 18.4 Å². The van der Waals surface area contributed by atoms with Crippen molar-refractivity contribution in [2.24, 2.45) is 0 Å². The molecular formula is C20H28N4O4. The molecule has 28 heavy (non-hydrogen) atoms. The van der Waals surface area contributed by atoms with E-state index in [-0.39, 0.29) is 11.8 Å². The van der Waals surface area contributed by atoms with Crippen molar-refractivity contribution >= 4 is 11.8 Å². The molecule has 0 saturated carbocycles. The van der Waals surface area contributed by atoms with Gasteiger partial charge in [0.2, 0.25) is 0 Å². The van der Waals surface area contributed by atoms with Crippen molar-refractivity contribution in [1.29, 1.82) is 0 Å². The molecule has 0 aliphatic carbocycles. The highest BCUT2D eigenvalue weighted by Crippen LogP contribution is 2.04. The second-order valence-corrected chi connectivity index (χ2v) is 6.86. The number of nitrogens with one attached hydrogen (secondary N) is 2. The fourth-order valence-corrected chi connectivity index (χ4v) is 3.24. The van der Waals surface area contributed by atoms with Crippen LogP contribution in [0.25, 0.3) is 0 Å². The van der Waals surface area contributed by atoms with E-state index in [1.165, 1.54) is 12.5 Å². The normalized spacial score (nSPS) is 15.4. The monoisotopic (exact) mass is 388 g/mol. The second kappa shape index (κ2) is 10.7. The number of rotatable bonds is 10. The highest BCUT2D eigenvalue weighted by atomic mass is 16.3. The van der Waals surface area contributed by atoms with Crippen molar-refractivity contribution in [3.8, 4) is 0 Å². The van der Waals surface area contributed by atoms with E-state index < -0.39 is 0 Å². The molecule has 2 amide bonds. The summed E-state index contributed by atoms with van der Waals surface area (Å²) < 4.78 is 10.1. The molecule has 3 rings (SSSR count). The number of piperazine rings is 1. The third-order valence-corrected chi connectivity index (χ3v) is 4.83. The summed E-state index contributed by atoms with van der Waals surface area (Å²) >= 11 is 0. The fraction of sp³-hybridized carbons (Fsp3) is 0.500. The zero-order valence-corrected chi connectivity index (χ0v) is 16.1. The molecule has 1 aliphatic rings. The van der Waals surface area contributed by atoms with Gasteiger partial charge in [-0.1, -0.05) is 0 Å². The van der Waals surface area contributed by atoms with E-state index in [9.17, 15) is 9.59 Å². The van der Waals surface area contributed by atoms with Gasteiger partial charge in [-0.25, -0.2) is 0 Å². The van der Waals surface area contributed by atoms with Gasteiger partial charge in [0, 0.05) is 39.3 Å². The zero-order valence-electron chi connectivity index (χ0n) is 16.1. The van der Waals surface area contributed by atoms with Crippen LogP contribution in [0.1, 0.15) is 34.0 Å². The molecule has 0 atom stereocenters. The smallest absolute Gasteiger partial charge is 0.286 e. The van der Waals surface area contributed by atoms with Crippen LogP contribution in [-0.2, 0) is 0 Å². The first kappa shape index (κ1) is 20.2. The quantitative estimate of drug-likeness (QED) is 0.599. The standard InChI is InChI=1S/C20H28N4O4/c25-19(17-5-1-15-27-17)21-7-3-9-23-11-13-24(14-12-23)10-4-8-22-20(26)18-6-2-16-28-18/h1-2,5-6,15-16H,3-4,7-14H2,(H,21,25)(H,22,26). The van der Waals surface area contributed by atoms with Crippen LogP contribution in [0, 0.1) is 0 Å². The average molecular weight is 388 g/mol. The van der Waals surface area contributed by atoms with Crippen LogP contribution in [0.2, 0.25) is 0 Å². The Hall–Kier alpha value is -2.58. The molecule has 0 spiro atoms. The minimum atomic E-state index is -0.158. The number of furan rings is 2. The summed E-state index contributed by atoms with van der Waals surface area (Å²) in [6, 6.07) is 6.75. The topological polar surface area (TPSA) is 91.0 Å². The Morgan fingerprint density at radius 2 is 1.21 bits per heavy atom. The maximum absolute atomic E-state index is 11.8. The van der Waals surface area contributed by atoms with E-state index in [0.29, 0.717) is 24.6 Å². The number of carbonyl (C=O) groups is 2. The number of carbonyl (C=O) groups excluding carboxylic acids is 2. The Morgan fingerprint density at radius 1 is 0.786 bits per heavy atom. The Kier molecular flexibility index (Phi) is 7.69. The lowest BCUT2D eigenvalue weighted by Crippen LogP contribution is -2.47. The van der Waals surface area contributed by atoms with Crippen molar-refractivity contribution in [3.05, 3.63) is 48.3 Å². The lowest BCUT2D eigenvalue weighted by molar-refractivity contribution is 0.0908. The molecule has 0 radical (unpaired) electrons. The molecule has 1 aliphatic heterocycles. The molecule has 2 aromatic rings. The van der Waals surface area contributed by atoms with Crippen LogP contribution in [-0.4, -0.2) is 74.0 Å². The summed E-state index contributed by atoms with van der Waals surface area (Å²) in [6.45, 7) is 7.38. The van der Waals surface area contributed by atoms with E-state index in [1.54, 1.807) is 24.3 Å². The summed E-state index contributed by atoms with van der Waals surface area (Å²) in [7, 11) is 0. The van der Waals surface area contributed by atoms with Gasteiger partial charge >= 0.3 is 0 Å². The van der Waals surface area contributed by atoms with Crippen molar-refractivity contribution in [2.75, 3.05) is 52.4 Å². The molecule has 1 saturated heterocycles. The van der Waals surface area contributed by atoms with Crippen LogP contribution in [0.4, 0.5) is 0 Å². The fourth-order valence-electron chi connectivity index (χ4n) is 3.24. The van der Waals surface area contributed by atoms with Gasteiger partial charge in [0.1, 0.15) is 0 Å². The molecule has 1 fully saturated rings. The van der Waals surface area contributed by atoms with Crippen molar-refractivity contribution in [1.82, 2.24) is 20.4 Å². The predicted octanol–water partition coefficient (Wildman–Crippen LogP) is 1.43. The van der Waals surface area contributed by atoms with Crippen molar-refractivity contribution in [3.63, 3.8) is 0 Å². The average Bonchev–Trinajstić information content (AvgIpc) is 3.43. The molecule has 0 bridgehead atoms. The molecule has 8 nitrogen and oxygen atoms in total. The Balaban J connectivity index is 1.20. The predicted molar refractivity (Wildman–Crippen MR) is 104 cm³/mol. The third-order valence-electron chi connectivity index (χ3n) is 4.83. The minimum Gasteiger partial charge on any atom is -0.459 e. The molecule has 8 heteroatoms. The van der Waals surface area contributed by atoms with Gasteiger partial charge in [0.05, 0.1) is 12.5 Å². The van der Waals surface area contributed by atoms with E-state index in [1.807, 2.05) is 0 Å². The number of nitrogens with zero attached hydrogens (tertiary/aromatic N) is 2. The zero-order chi connectivity index (χ0) is 19.6. The van der Waals surface area contributed by atoms with Gasteiger partial charge in [0.15, 0.2) is 11.5 Å². The first-order valence-corrected chi connectivity index (χ1v) is 9.80. The third kappa shape index (κ3) is 6.24. The highest BCUT2D eigenvalue weighted by Gasteiger charge is 2.16. The molecular weight excluding hydrogens is 360 g/mol. The minimum absolute atomic E-state index is 0.158. The molecule has 0 aromatic carbocycles. The maximum Gasteiger partial charge on any atom is 0.286 e. The first-order chi connectivity index (χ1) is 13.7. The van der Waals surface area contributed by atoms with Gasteiger partial charge < -0.3 is 29.3 Å². The van der Waals surface area contributed by atoms with Crippen LogP contribution in [0.5, 0.6) is 0 Å². The highest BCUT2D eigenvalue weighted by molar-refractivity contribution is 5.91. The molecule has 2 N–H and O–H groups in total. The van der Waals surface area contributed by atoms with E-state index in [0.717, 1.165) is 52.1 Å². The molecule has 3 heterocycles. The lowest BCUT2D eigenvalue weighted by atomic mass is 10.2. The van der Waals surface area contributed by atoms with Gasteiger partial charge in [-0.15, -0.1) is 0 Å². The summed E-state index contributed by atoms with van der Waals surface area (Å²) in [5.41, 5.74) is 0. The van der Waals surface area contributed by atoms with E-state index in [4.69, 9.17) is 8.83 Å². The van der Waals surface area contributed by atoms with Crippen molar-refractivity contribution in [2.45, 2.75) is 12.8 Å². The Morgan fingerprint density at radius 3 is 1.57 bits per heavy atom. The molecule has 0 unspecified atom stereocenters. The maximum atomic E-state index is 11.8. The van der Waals surface area contributed by atoms with Crippen LogP contribution in [0.15, 0.2) is 45.6 Å². The second-order valence-electron chi connectivity index (χ2n) is 6.86. The van der Waals surface area contributed by atoms with Crippen LogP contribution in [0.3, 0.4) is 0 Å². The summed E-state index contributed by atoms with van der Waals surface area (Å²) in [4.78, 5) is 28.4. The van der Waals surface area contributed by atoms with E-state index >= 15 is 0 Å². The Labute approximate surface area is 164 Å². The Bertz CT molecular complexity index is 644. The molecule has 2 aromatic heterocycles. The molecule has 152 valence electrons. The van der Waals surface area contributed by atoms with Gasteiger partial charge in [0.25, 0.3) is 11.8 Å². The lowest BCUT2D eigenvalue weighted by Gasteiger charge is -2.34. The largest absolute Gasteiger partial charge is 0.459 e. The van der Waals surface area contributed by atoms with Crippen LogP contribution < -0.4 is 10.6 Å².